The molecule has 2 rings (SSSR count). The zero-order chi connectivity index (χ0) is 14.2. The van der Waals surface area contributed by atoms with Crippen LogP contribution in [-0.4, -0.2) is 50.8 Å². The summed E-state index contributed by atoms with van der Waals surface area (Å²) in [4.78, 5) is 2.11. The smallest absolute Gasteiger partial charge is 0.252 e. The number of piperidine rings is 1. The third-order valence-electron chi connectivity index (χ3n) is 3.52. The second kappa shape index (κ2) is 5.81. The molecule has 0 aliphatic carbocycles. The summed E-state index contributed by atoms with van der Waals surface area (Å²) >= 11 is 4.69. The molecular formula is C12H19BrN2O2S2. The van der Waals surface area contributed by atoms with E-state index in [9.17, 15) is 8.42 Å². The van der Waals surface area contributed by atoms with Gasteiger partial charge < -0.3 is 4.90 Å². The van der Waals surface area contributed by atoms with Crippen molar-refractivity contribution in [3.05, 3.63) is 15.4 Å². The number of nitrogens with zero attached hydrogens (tertiary/aromatic N) is 2. The van der Waals surface area contributed by atoms with Gasteiger partial charge in [0.2, 0.25) is 0 Å². The Labute approximate surface area is 127 Å². The van der Waals surface area contributed by atoms with E-state index in [0.29, 0.717) is 23.3 Å². The maximum atomic E-state index is 12.6. The third kappa shape index (κ3) is 3.21. The van der Waals surface area contributed by atoms with Gasteiger partial charge in [0.25, 0.3) is 10.0 Å². The number of sulfonamides is 1. The van der Waals surface area contributed by atoms with Crippen LogP contribution in [0.1, 0.15) is 18.4 Å². The summed E-state index contributed by atoms with van der Waals surface area (Å²) in [5.41, 5.74) is 0.977. The SMILES string of the molecule is Cc1cc(S(=O)(=O)N2CCCC(N(C)C)C2)sc1Br. The summed E-state index contributed by atoms with van der Waals surface area (Å²) in [6, 6.07) is 2.07. The first-order valence-electron chi connectivity index (χ1n) is 6.25. The van der Waals surface area contributed by atoms with Gasteiger partial charge in [-0.15, -0.1) is 11.3 Å². The van der Waals surface area contributed by atoms with Crippen molar-refractivity contribution >= 4 is 37.3 Å². The molecule has 0 amide bonds. The molecule has 1 saturated heterocycles. The molecule has 1 aromatic heterocycles. The van der Waals surface area contributed by atoms with Gasteiger partial charge >= 0.3 is 0 Å². The maximum absolute atomic E-state index is 12.6. The number of hydrogen-bond donors (Lipinski definition) is 0. The Bertz CT molecular complexity index is 535. The summed E-state index contributed by atoms with van der Waals surface area (Å²) < 4.78 is 28.2. The first kappa shape index (κ1) is 15.4. The van der Waals surface area contributed by atoms with Gasteiger partial charge in [0.05, 0.1) is 3.79 Å². The quantitative estimate of drug-likeness (QED) is 0.825. The molecule has 7 heteroatoms. The highest BCUT2D eigenvalue weighted by molar-refractivity contribution is 9.11. The molecule has 0 spiro atoms. The highest BCUT2D eigenvalue weighted by Gasteiger charge is 2.32. The second-order valence-electron chi connectivity index (χ2n) is 5.14. The van der Waals surface area contributed by atoms with Crippen LogP contribution in [0, 0.1) is 6.92 Å². The van der Waals surface area contributed by atoms with Gasteiger partial charge in [-0.1, -0.05) is 0 Å². The standard InChI is InChI=1S/C12H19BrN2O2S2/c1-9-7-11(18-12(9)13)19(16,17)15-6-4-5-10(8-15)14(2)3/h7,10H,4-6,8H2,1-3H3. The highest BCUT2D eigenvalue weighted by Crippen LogP contribution is 2.33. The monoisotopic (exact) mass is 366 g/mol. The summed E-state index contributed by atoms with van der Waals surface area (Å²) in [5, 5.41) is 0. The molecule has 0 bridgehead atoms. The number of likely N-dealkylation sites (N-methyl/N-ethyl adjacent to an activating group) is 1. The van der Waals surface area contributed by atoms with E-state index in [1.54, 1.807) is 10.4 Å². The van der Waals surface area contributed by atoms with E-state index in [0.717, 1.165) is 22.2 Å². The van der Waals surface area contributed by atoms with Crippen LogP contribution in [0.2, 0.25) is 0 Å². The topological polar surface area (TPSA) is 40.6 Å². The zero-order valence-electron chi connectivity index (χ0n) is 11.4. The molecule has 1 atom stereocenters. The van der Waals surface area contributed by atoms with Gasteiger partial charge in [-0.3, -0.25) is 0 Å². The number of thiophene rings is 1. The molecule has 4 nitrogen and oxygen atoms in total. The molecule has 1 unspecified atom stereocenters. The van der Waals surface area contributed by atoms with Crippen LogP contribution in [0.5, 0.6) is 0 Å². The predicted octanol–water partition coefficient (Wildman–Crippen LogP) is 2.53. The predicted molar refractivity (Wildman–Crippen MR) is 82.2 cm³/mol. The van der Waals surface area contributed by atoms with Crippen molar-refractivity contribution < 1.29 is 8.42 Å². The molecule has 0 N–H and O–H groups in total. The summed E-state index contributed by atoms with van der Waals surface area (Å²) in [7, 11) is 0.678. The van der Waals surface area contributed by atoms with Crippen molar-refractivity contribution in [2.24, 2.45) is 0 Å². The number of halogens is 1. The van der Waals surface area contributed by atoms with Gasteiger partial charge in [-0.2, -0.15) is 4.31 Å². The Morgan fingerprint density at radius 1 is 1.47 bits per heavy atom. The fraction of sp³-hybridized carbons (Fsp3) is 0.667. The molecule has 0 saturated carbocycles. The molecule has 1 aromatic rings. The third-order valence-corrected chi connectivity index (χ3v) is 7.97. The zero-order valence-corrected chi connectivity index (χ0v) is 14.6. The van der Waals surface area contributed by atoms with Crippen LogP contribution in [0.25, 0.3) is 0 Å². The van der Waals surface area contributed by atoms with E-state index in [4.69, 9.17) is 0 Å². The normalized spacial score (nSPS) is 22.1. The summed E-state index contributed by atoms with van der Waals surface area (Å²) in [5.74, 6) is 0. The Balaban J connectivity index is 2.24. The van der Waals surface area contributed by atoms with Gasteiger partial charge in [0, 0.05) is 19.1 Å². The molecule has 0 aromatic carbocycles. The first-order valence-corrected chi connectivity index (χ1v) is 9.30. The van der Waals surface area contributed by atoms with Crippen LogP contribution in [0.4, 0.5) is 0 Å². The van der Waals surface area contributed by atoms with Crippen LogP contribution < -0.4 is 0 Å². The van der Waals surface area contributed by atoms with E-state index in [1.165, 1.54) is 11.3 Å². The van der Waals surface area contributed by atoms with Crippen LogP contribution in [-0.2, 0) is 10.0 Å². The molecule has 108 valence electrons. The van der Waals surface area contributed by atoms with E-state index in [2.05, 4.69) is 20.8 Å². The lowest BCUT2D eigenvalue weighted by atomic mass is 10.1. The van der Waals surface area contributed by atoms with Gasteiger partial charge in [-0.25, -0.2) is 8.42 Å². The van der Waals surface area contributed by atoms with Gasteiger partial charge in [-0.05, 0) is 61.4 Å². The molecule has 1 aliphatic rings. The highest BCUT2D eigenvalue weighted by atomic mass is 79.9. The van der Waals surface area contributed by atoms with E-state index < -0.39 is 10.0 Å². The molecule has 1 aliphatic heterocycles. The van der Waals surface area contributed by atoms with Crippen molar-refractivity contribution in [1.82, 2.24) is 9.21 Å². The van der Waals surface area contributed by atoms with Crippen molar-refractivity contribution in [2.45, 2.75) is 30.0 Å². The van der Waals surface area contributed by atoms with Crippen molar-refractivity contribution in [3.63, 3.8) is 0 Å². The number of hydrogen-bond acceptors (Lipinski definition) is 4. The first-order chi connectivity index (χ1) is 8.82. The van der Waals surface area contributed by atoms with E-state index in [-0.39, 0.29) is 0 Å². The summed E-state index contributed by atoms with van der Waals surface area (Å²) in [6.45, 7) is 3.13. The second-order valence-corrected chi connectivity index (χ2v) is 9.68. The van der Waals surface area contributed by atoms with Crippen molar-refractivity contribution in [2.75, 3.05) is 27.2 Å². The van der Waals surface area contributed by atoms with Crippen LogP contribution >= 0.6 is 27.3 Å². The van der Waals surface area contributed by atoms with Crippen molar-refractivity contribution in [1.29, 1.82) is 0 Å². The van der Waals surface area contributed by atoms with E-state index in [1.807, 2.05) is 21.0 Å². The lowest BCUT2D eigenvalue weighted by Gasteiger charge is -2.35. The fourth-order valence-electron chi connectivity index (χ4n) is 2.25. The van der Waals surface area contributed by atoms with Crippen molar-refractivity contribution in [3.8, 4) is 0 Å². The Kier molecular flexibility index (Phi) is 4.72. The largest absolute Gasteiger partial charge is 0.305 e. The van der Waals surface area contributed by atoms with Crippen LogP contribution in [0.15, 0.2) is 14.1 Å². The number of aryl methyl sites for hydroxylation is 1. The number of rotatable bonds is 3. The molecule has 1 fully saturated rings. The Morgan fingerprint density at radius 2 is 2.16 bits per heavy atom. The lowest BCUT2D eigenvalue weighted by Crippen LogP contribution is -2.47. The molecule has 2 heterocycles. The lowest BCUT2D eigenvalue weighted by molar-refractivity contribution is 0.190. The minimum atomic E-state index is -3.33. The minimum Gasteiger partial charge on any atom is -0.305 e. The Morgan fingerprint density at radius 3 is 2.68 bits per heavy atom. The molecule has 19 heavy (non-hydrogen) atoms. The van der Waals surface area contributed by atoms with Crippen LogP contribution in [0.3, 0.4) is 0 Å². The maximum Gasteiger partial charge on any atom is 0.252 e. The Hall–Kier alpha value is 0.0500. The average molecular weight is 367 g/mol. The molecular weight excluding hydrogens is 348 g/mol. The van der Waals surface area contributed by atoms with E-state index >= 15 is 0 Å². The summed E-state index contributed by atoms with van der Waals surface area (Å²) in [6.07, 6.45) is 1.99. The van der Waals surface area contributed by atoms with Gasteiger partial charge in [0.1, 0.15) is 4.21 Å². The minimum absolute atomic E-state index is 0.313. The average Bonchev–Trinajstić information content (AvgIpc) is 2.70. The van der Waals surface area contributed by atoms with Gasteiger partial charge in [0.15, 0.2) is 0 Å². The molecule has 0 radical (unpaired) electrons. The fourth-order valence-corrected chi connectivity index (χ4v) is 6.14.